The Hall–Kier alpha value is -2.06. The Morgan fingerprint density at radius 1 is 1.37 bits per heavy atom. The second-order valence-electron chi connectivity index (χ2n) is 3.76. The number of thiophene rings is 1. The van der Waals surface area contributed by atoms with Crippen molar-refractivity contribution in [2.45, 2.75) is 0 Å². The van der Waals surface area contributed by atoms with Crippen LogP contribution in [0.1, 0.15) is 0 Å². The van der Waals surface area contributed by atoms with Gasteiger partial charge in [0.15, 0.2) is 10.1 Å². The van der Waals surface area contributed by atoms with E-state index in [9.17, 15) is 0 Å². The SMILES string of the molecule is C[n+]1[nH]ccc1N=Nc1sc(N)nc1-c1cccs1. The van der Waals surface area contributed by atoms with E-state index >= 15 is 0 Å². The van der Waals surface area contributed by atoms with Gasteiger partial charge in [-0.25, -0.2) is 10.1 Å². The number of nitrogens with zero attached hydrogens (tertiary/aromatic N) is 4. The Morgan fingerprint density at radius 2 is 2.26 bits per heavy atom. The van der Waals surface area contributed by atoms with Crippen LogP contribution in [0.15, 0.2) is 40.0 Å². The van der Waals surface area contributed by atoms with Crippen molar-refractivity contribution >= 4 is 38.6 Å². The summed E-state index contributed by atoms with van der Waals surface area (Å²) in [5, 5.41) is 14.6. The normalized spacial score (nSPS) is 11.4. The smallest absolute Gasteiger partial charge is 0.370 e. The van der Waals surface area contributed by atoms with E-state index in [-0.39, 0.29) is 0 Å². The predicted octanol–water partition coefficient (Wildman–Crippen LogP) is 3.02. The van der Waals surface area contributed by atoms with E-state index in [4.69, 9.17) is 5.73 Å². The number of anilines is 1. The maximum atomic E-state index is 5.76. The van der Waals surface area contributed by atoms with Crippen molar-refractivity contribution in [2.24, 2.45) is 17.3 Å². The summed E-state index contributed by atoms with van der Waals surface area (Å²) in [6.45, 7) is 0. The van der Waals surface area contributed by atoms with Gasteiger partial charge in [0.05, 0.1) is 16.1 Å². The van der Waals surface area contributed by atoms with E-state index in [0.717, 1.165) is 21.4 Å². The fourth-order valence-corrected chi connectivity index (χ4v) is 3.02. The molecule has 96 valence electrons. The lowest BCUT2D eigenvalue weighted by Gasteiger charge is -1.89. The summed E-state index contributed by atoms with van der Waals surface area (Å²) in [6, 6.07) is 5.82. The highest BCUT2D eigenvalue weighted by molar-refractivity contribution is 7.20. The first-order chi connectivity index (χ1) is 9.24. The molecule has 0 aromatic carbocycles. The zero-order valence-corrected chi connectivity index (χ0v) is 11.7. The summed E-state index contributed by atoms with van der Waals surface area (Å²) >= 11 is 2.94. The number of thiazole rings is 1. The molecule has 0 aliphatic heterocycles. The van der Waals surface area contributed by atoms with Crippen LogP contribution in [0.4, 0.5) is 16.0 Å². The highest BCUT2D eigenvalue weighted by Crippen LogP contribution is 2.39. The molecule has 0 spiro atoms. The molecule has 0 aliphatic rings. The van der Waals surface area contributed by atoms with E-state index in [1.165, 1.54) is 11.3 Å². The van der Waals surface area contributed by atoms with Gasteiger partial charge in [0.2, 0.25) is 0 Å². The van der Waals surface area contributed by atoms with Crippen LogP contribution < -0.4 is 10.4 Å². The van der Waals surface area contributed by atoms with E-state index in [1.807, 2.05) is 30.6 Å². The van der Waals surface area contributed by atoms with Crippen LogP contribution in [0.25, 0.3) is 10.6 Å². The van der Waals surface area contributed by atoms with Gasteiger partial charge in [-0.05, 0) is 16.6 Å². The molecule has 3 aromatic rings. The summed E-state index contributed by atoms with van der Waals surface area (Å²) in [5.41, 5.74) is 6.55. The predicted molar refractivity (Wildman–Crippen MR) is 76.0 cm³/mol. The third-order valence-electron chi connectivity index (χ3n) is 2.47. The number of aryl methyl sites for hydroxylation is 1. The minimum absolute atomic E-state index is 0.496. The Bertz CT molecular complexity index is 709. The molecular weight excluding hydrogens is 280 g/mol. The van der Waals surface area contributed by atoms with E-state index < -0.39 is 0 Å². The number of hydrogen-bond donors (Lipinski definition) is 2. The second-order valence-corrected chi connectivity index (χ2v) is 5.72. The Kier molecular flexibility index (Phi) is 3.10. The second kappa shape index (κ2) is 4.90. The van der Waals surface area contributed by atoms with Gasteiger partial charge in [-0.2, -0.15) is 4.68 Å². The molecule has 8 heteroatoms. The average Bonchev–Trinajstić information content (AvgIpc) is 3.07. The molecule has 0 saturated carbocycles. The van der Waals surface area contributed by atoms with Crippen molar-refractivity contribution in [3.63, 3.8) is 0 Å². The number of nitrogens with two attached hydrogens (primary N) is 1. The van der Waals surface area contributed by atoms with Crippen LogP contribution in [-0.2, 0) is 7.05 Å². The molecule has 0 atom stereocenters. The standard InChI is InChI=1S/C11H10N6S2/c1-17-8(4-5-13-17)15-16-10-9(14-11(12)19-10)7-3-2-6-18-7/h2-6H,1H3,(H2,12,13,14,15)/p+1. The number of azo groups is 1. The topological polar surface area (TPSA) is 83.3 Å². The number of nitrogens with one attached hydrogen (secondary N) is 1. The lowest BCUT2D eigenvalue weighted by Crippen LogP contribution is -2.28. The molecule has 0 bridgehead atoms. The van der Waals surface area contributed by atoms with E-state index in [1.54, 1.807) is 22.2 Å². The lowest BCUT2D eigenvalue weighted by molar-refractivity contribution is -0.714. The number of rotatable bonds is 3. The summed E-state index contributed by atoms with van der Waals surface area (Å²) in [5.74, 6) is 0.740. The average molecular weight is 291 g/mol. The summed E-state index contributed by atoms with van der Waals surface area (Å²) in [4.78, 5) is 5.36. The Labute approximate surface area is 117 Å². The van der Waals surface area contributed by atoms with Gasteiger partial charge in [-0.3, -0.25) is 0 Å². The molecule has 19 heavy (non-hydrogen) atoms. The molecule has 0 aliphatic carbocycles. The third kappa shape index (κ3) is 2.40. The van der Waals surface area contributed by atoms with Gasteiger partial charge in [0, 0.05) is 6.20 Å². The minimum Gasteiger partial charge on any atom is -0.375 e. The molecule has 3 heterocycles. The van der Waals surface area contributed by atoms with Crippen LogP contribution in [0.2, 0.25) is 0 Å². The van der Waals surface area contributed by atoms with Crippen molar-refractivity contribution in [1.82, 2.24) is 10.1 Å². The van der Waals surface area contributed by atoms with Crippen molar-refractivity contribution in [2.75, 3.05) is 5.73 Å². The molecule has 3 aromatic heterocycles. The summed E-state index contributed by atoms with van der Waals surface area (Å²) in [6.07, 6.45) is 1.80. The lowest BCUT2D eigenvalue weighted by atomic mass is 10.4. The van der Waals surface area contributed by atoms with Crippen LogP contribution >= 0.6 is 22.7 Å². The minimum atomic E-state index is 0.496. The van der Waals surface area contributed by atoms with Crippen LogP contribution in [0, 0.1) is 0 Å². The zero-order chi connectivity index (χ0) is 13.2. The molecule has 0 amide bonds. The van der Waals surface area contributed by atoms with Crippen LogP contribution in [0.3, 0.4) is 0 Å². The molecule has 3 N–H and O–H groups in total. The van der Waals surface area contributed by atoms with Crippen molar-refractivity contribution in [3.8, 4) is 10.6 Å². The van der Waals surface area contributed by atoms with E-state index in [0.29, 0.717) is 5.13 Å². The first-order valence-corrected chi connectivity index (χ1v) is 7.19. The first kappa shape index (κ1) is 12.0. The zero-order valence-electron chi connectivity index (χ0n) is 10.1. The van der Waals surface area contributed by atoms with Crippen molar-refractivity contribution in [3.05, 3.63) is 29.8 Å². The first-order valence-electron chi connectivity index (χ1n) is 5.49. The van der Waals surface area contributed by atoms with Crippen molar-refractivity contribution < 1.29 is 4.68 Å². The molecule has 6 nitrogen and oxygen atoms in total. The maximum Gasteiger partial charge on any atom is 0.370 e. The van der Waals surface area contributed by atoms with Crippen LogP contribution in [-0.4, -0.2) is 10.1 Å². The van der Waals surface area contributed by atoms with Gasteiger partial charge in [-0.15, -0.1) is 11.3 Å². The highest BCUT2D eigenvalue weighted by Gasteiger charge is 2.15. The Balaban J connectivity index is 1.98. The number of aromatic amines is 1. The molecule has 0 unspecified atom stereocenters. The molecule has 0 radical (unpaired) electrons. The van der Waals surface area contributed by atoms with Gasteiger partial charge < -0.3 is 5.73 Å². The van der Waals surface area contributed by atoms with Gasteiger partial charge in [0.25, 0.3) is 0 Å². The van der Waals surface area contributed by atoms with Gasteiger partial charge in [0.1, 0.15) is 12.7 Å². The van der Waals surface area contributed by atoms with E-state index in [2.05, 4.69) is 20.3 Å². The Morgan fingerprint density at radius 3 is 2.95 bits per heavy atom. The fraction of sp³-hybridized carbons (Fsp3) is 0.0909. The van der Waals surface area contributed by atoms with Crippen LogP contribution in [0.5, 0.6) is 0 Å². The number of hydrogen-bond acceptors (Lipinski definition) is 6. The van der Waals surface area contributed by atoms with Gasteiger partial charge >= 0.3 is 5.82 Å². The third-order valence-corrected chi connectivity index (χ3v) is 4.11. The maximum absolute atomic E-state index is 5.76. The highest BCUT2D eigenvalue weighted by atomic mass is 32.1. The molecule has 3 rings (SSSR count). The summed E-state index contributed by atoms with van der Waals surface area (Å²) in [7, 11) is 1.87. The number of nitrogen functional groups attached to an aromatic ring is 1. The molecule has 0 fully saturated rings. The fourth-order valence-electron chi connectivity index (χ4n) is 1.57. The number of H-pyrrole nitrogens is 1. The molecule has 0 saturated heterocycles. The monoisotopic (exact) mass is 291 g/mol. The van der Waals surface area contributed by atoms with Crippen molar-refractivity contribution in [1.29, 1.82) is 0 Å². The van der Waals surface area contributed by atoms with Gasteiger partial charge in [-0.1, -0.05) is 17.4 Å². The molecular formula is C11H11N6S2+. The summed E-state index contributed by atoms with van der Waals surface area (Å²) < 4.78 is 1.78. The quantitative estimate of drug-likeness (QED) is 0.574. The number of aromatic nitrogens is 3. The largest absolute Gasteiger partial charge is 0.375 e.